The molecular weight excluding hydrogens is 681 g/mol. The first-order chi connectivity index (χ1) is 22.5. The summed E-state index contributed by atoms with van der Waals surface area (Å²) < 4.78 is 146. The van der Waals surface area contributed by atoms with E-state index in [1.807, 2.05) is 0 Å². The van der Waals surface area contributed by atoms with Gasteiger partial charge in [0.15, 0.2) is 0 Å². The Labute approximate surface area is 268 Å². The Morgan fingerprint density at radius 3 is 2.08 bits per heavy atom. The molecule has 18 heteroatoms. The lowest BCUT2D eigenvalue weighted by Crippen LogP contribution is -2.56. The van der Waals surface area contributed by atoms with Gasteiger partial charge in [0.05, 0.1) is 28.6 Å². The monoisotopic (exact) mass is 705 g/mol. The molecule has 0 bridgehead atoms. The first-order valence-corrected chi connectivity index (χ1v) is 15.1. The molecule has 0 radical (unpaired) electrons. The largest absolute Gasteiger partial charge is 0.430 e. The molecular formula is C30H24F9N5O3S. The highest BCUT2D eigenvalue weighted by molar-refractivity contribution is 7.86. The first-order valence-electron chi connectivity index (χ1n) is 13.9. The summed E-state index contributed by atoms with van der Waals surface area (Å²) in [7, 11) is -2.13. The van der Waals surface area contributed by atoms with Gasteiger partial charge >= 0.3 is 12.4 Å². The zero-order chi connectivity index (χ0) is 35.1. The van der Waals surface area contributed by atoms with Gasteiger partial charge in [-0.25, -0.2) is 13.2 Å². The molecule has 1 unspecified atom stereocenters. The summed E-state index contributed by atoms with van der Waals surface area (Å²) in [6, 6.07) is 9.35. The van der Waals surface area contributed by atoms with E-state index in [9.17, 15) is 48.5 Å². The number of likely N-dealkylation sites (tertiary alicyclic amines) is 1. The molecule has 1 amide bonds. The predicted molar refractivity (Wildman–Crippen MR) is 152 cm³/mol. The van der Waals surface area contributed by atoms with Crippen molar-refractivity contribution in [2.45, 2.75) is 47.0 Å². The van der Waals surface area contributed by atoms with Crippen LogP contribution in [0.3, 0.4) is 0 Å². The minimum absolute atomic E-state index is 0.00786. The highest BCUT2D eigenvalue weighted by Gasteiger charge is 2.73. The Kier molecular flexibility index (Phi) is 9.35. The molecule has 1 aliphatic rings. The third-order valence-corrected chi connectivity index (χ3v) is 9.92. The van der Waals surface area contributed by atoms with Gasteiger partial charge < -0.3 is 15.4 Å². The van der Waals surface area contributed by atoms with Crippen molar-refractivity contribution in [3.05, 3.63) is 107 Å². The number of nitrogens with one attached hydrogen (secondary N) is 1. The molecule has 3 N–H and O–H groups in total. The van der Waals surface area contributed by atoms with Crippen LogP contribution < -0.4 is 5.73 Å². The van der Waals surface area contributed by atoms with E-state index in [-0.39, 0.29) is 48.2 Å². The van der Waals surface area contributed by atoms with E-state index in [4.69, 9.17) is 5.73 Å². The lowest BCUT2D eigenvalue weighted by molar-refractivity contribution is -0.392. The van der Waals surface area contributed by atoms with Crippen LogP contribution in [0.1, 0.15) is 28.9 Å². The van der Waals surface area contributed by atoms with Crippen LogP contribution in [0.4, 0.5) is 45.5 Å². The minimum Gasteiger partial charge on any atom is -0.367 e. The number of hydrogen-bond acceptors (Lipinski definition) is 6. The number of carbonyl (C=O) groups excluding carboxylic acids is 1. The number of aromatic amines is 1. The third-order valence-electron chi connectivity index (χ3n) is 7.95. The zero-order valence-electron chi connectivity index (χ0n) is 24.3. The minimum atomic E-state index is -6.18. The van der Waals surface area contributed by atoms with E-state index in [0.717, 1.165) is 30.3 Å². The fourth-order valence-corrected chi connectivity index (χ4v) is 7.25. The van der Waals surface area contributed by atoms with Crippen molar-refractivity contribution in [1.29, 1.82) is 0 Å². The maximum Gasteiger partial charge on any atom is 0.430 e. The van der Waals surface area contributed by atoms with E-state index in [1.54, 1.807) is 0 Å². The van der Waals surface area contributed by atoms with E-state index in [1.165, 1.54) is 17.0 Å². The third kappa shape index (κ3) is 6.37. The smallest absolute Gasteiger partial charge is 0.367 e. The Bertz CT molecular complexity index is 1780. The van der Waals surface area contributed by atoms with Crippen LogP contribution in [0.2, 0.25) is 0 Å². The van der Waals surface area contributed by atoms with E-state index >= 15 is 0 Å². The molecule has 1 aliphatic heterocycles. The summed E-state index contributed by atoms with van der Waals surface area (Å²) in [6.07, 6.45) is -12.7. The molecule has 0 spiro atoms. The second-order valence-electron chi connectivity index (χ2n) is 10.8. The topological polar surface area (TPSA) is 114 Å². The highest BCUT2D eigenvalue weighted by Crippen LogP contribution is 2.54. The standard InChI is InChI=1S/C30H24F9N5O3S/c31-19-8-10-20(11-9-19)48(46)27(12-13-44(16-27)25(45)14-24-41-26(40)43-42-24)17-4-6-18(7-5-17)28(29(34,35)36,30(37,38)39)47-15-21-22(32)2-1-3-23(21)33/h1-11H,12-16H2,(H3,40,41,42,43)/t27-,48?/m0/s1. The van der Waals surface area contributed by atoms with Crippen molar-refractivity contribution in [1.82, 2.24) is 20.1 Å². The number of benzene rings is 3. The van der Waals surface area contributed by atoms with Crippen LogP contribution in [0.15, 0.2) is 71.6 Å². The average molecular weight is 706 g/mol. The highest BCUT2D eigenvalue weighted by atomic mass is 32.2. The zero-order valence-corrected chi connectivity index (χ0v) is 25.2. The Balaban J connectivity index is 1.55. The van der Waals surface area contributed by atoms with E-state index < -0.39 is 74.6 Å². The van der Waals surface area contributed by atoms with Gasteiger partial charge in [0.25, 0.3) is 5.60 Å². The van der Waals surface area contributed by atoms with Gasteiger partial charge in [-0.1, -0.05) is 30.3 Å². The van der Waals surface area contributed by atoms with Gasteiger partial charge in [0.2, 0.25) is 11.9 Å². The molecule has 1 aromatic heterocycles. The number of aromatic nitrogens is 3. The van der Waals surface area contributed by atoms with Crippen molar-refractivity contribution < 1.29 is 53.3 Å². The average Bonchev–Trinajstić information content (AvgIpc) is 3.65. The molecule has 256 valence electrons. The molecule has 2 atom stereocenters. The summed E-state index contributed by atoms with van der Waals surface area (Å²) in [4.78, 5) is 18.3. The maximum atomic E-state index is 14.5. The summed E-state index contributed by atoms with van der Waals surface area (Å²) in [5.41, 5.74) is -2.19. The van der Waals surface area contributed by atoms with Crippen molar-refractivity contribution in [3.63, 3.8) is 0 Å². The normalized spacial score (nSPS) is 17.9. The van der Waals surface area contributed by atoms with Crippen molar-refractivity contribution in [3.8, 4) is 0 Å². The van der Waals surface area contributed by atoms with Gasteiger partial charge in [0, 0.05) is 29.1 Å². The Hall–Kier alpha value is -4.45. The number of amides is 1. The van der Waals surface area contributed by atoms with Crippen LogP contribution >= 0.6 is 0 Å². The van der Waals surface area contributed by atoms with Crippen molar-refractivity contribution in [2.75, 3.05) is 18.8 Å². The van der Waals surface area contributed by atoms with Gasteiger partial charge in [-0.2, -0.15) is 31.3 Å². The maximum absolute atomic E-state index is 14.5. The second kappa shape index (κ2) is 12.9. The number of anilines is 1. The Morgan fingerprint density at radius 2 is 1.54 bits per heavy atom. The number of ether oxygens (including phenoxy) is 1. The summed E-state index contributed by atoms with van der Waals surface area (Å²) in [5, 5.41) is 6.10. The molecule has 1 saturated heterocycles. The number of H-pyrrole nitrogens is 1. The lowest BCUT2D eigenvalue weighted by Gasteiger charge is -2.38. The molecule has 4 aromatic rings. The van der Waals surface area contributed by atoms with Gasteiger partial charge in [-0.15, -0.1) is 5.10 Å². The second-order valence-corrected chi connectivity index (χ2v) is 12.6. The SMILES string of the molecule is Nc1n[nH]c(CC(=O)N2CC[C@](c3ccc(C(OCc4c(F)cccc4F)(C(F)(F)F)C(F)(F)F)cc3)(S(=O)c3ccc(F)cc3)C2)n1. The predicted octanol–water partition coefficient (Wildman–Crippen LogP) is 5.82. The molecule has 1 fully saturated rings. The van der Waals surface area contributed by atoms with Crippen LogP contribution in [0.5, 0.6) is 0 Å². The van der Waals surface area contributed by atoms with Crippen molar-refractivity contribution in [2.24, 2.45) is 0 Å². The molecule has 5 rings (SSSR count). The van der Waals surface area contributed by atoms with Gasteiger partial charge in [-0.3, -0.25) is 14.1 Å². The molecule has 0 aliphatic carbocycles. The number of nitrogens with two attached hydrogens (primary N) is 1. The summed E-state index contributed by atoms with van der Waals surface area (Å²) >= 11 is 0. The van der Waals surface area contributed by atoms with Crippen LogP contribution in [-0.4, -0.2) is 55.6 Å². The quantitative estimate of drug-likeness (QED) is 0.212. The van der Waals surface area contributed by atoms with E-state index in [2.05, 4.69) is 19.9 Å². The molecule has 48 heavy (non-hydrogen) atoms. The van der Waals surface area contributed by atoms with Crippen LogP contribution in [0, 0.1) is 17.5 Å². The number of carbonyl (C=O) groups is 1. The molecule has 8 nitrogen and oxygen atoms in total. The first kappa shape index (κ1) is 34.9. The number of hydrogen-bond donors (Lipinski definition) is 2. The lowest BCUT2D eigenvalue weighted by atomic mass is 9.88. The van der Waals surface area contributed by atoms with Crippen LogP contribution in [0.25, 0.3) is 0 Å². The number of alkyl halides is 6. The van der Waals surface area contributed by atoms with Gasteiger partial charge in [0.1, 0.15) is 23.3 Å². The fourth-order valence-electron chi connectivity index (χ4n) is 5.51. The summed E-state index contributed by atoms with van der Waals surface area (Å²) in [5.74, 6) is -4.02. The molecule has 0 saturated carbocycles. The van der Waals surface area contributed by atoms with E-state index in [0.29, 0.717) is 24.3 Å². The number of nitrogen functional groups attached to an aromatic ring is 1. The fraction of sp³-hybridized carbons (Fsp3) is 0.300. The van der Waals surface area contributed by atoms with Crippen molar-refractivity contribution >= 4 is 22.7 Å². The number of halogens is 9. The Morgan fingerprint density at radius 1 is 0.938 bits per heavy atom. The molecule has 2 heterocycles. The number of rotatable bonds is 9. The number of nitrogens with zero attached hydrogens (tertiary/aromatic N) is 3. The van der Waals surface area contributed by atoms with Crippen LogP contribution in [-0.2, 0) is 43.7 Å². The van der Waals surface area contributed by atoms with Gasteiger partial charge in [-0.05, 0) is 48.4 Å². The summed E-state index contributed by atoms with van der Waals surface area (Å²) in [6.45, 7) is -2.05. The molecule has 3 aromatic carbocycles.